The van der Waals surface area contributed by atoms with Crippen molar-refractivity contribution in [3.05, 3.63) is 58.6 Å². The standard InChI is InChI=1S/C25H31N3OS/c1-16(2)18-9-7-10-19(17(3)4)24(18)27-23(29)15-28-14-8-12-21(28)25-26-20-11-5-6-13-22(20)30-25/h5-7,9-11,13,16-17,21H,8,12,14-15H2,1-4H3,(H,27,29)/p+1/t21-/m0/s1. The van der Waals surface area contributed by atoms with E-state index in [-0.39, 0.29) is 5.91 Å². The Bertz CT molecular complexity index is 981. The zero-order valence-corrected chi connectivity index (χ0v) is 19.2. The Balaban J connectivity index is 1.53. The highest BCUT2D eigenvalue weighted by Crippen LogP contribution is 2.32. The van der Waals surface area contributed by atoms with Crippen LogP contribution in [0.25, 0.3) is 10.2 Å². The van der Waals surface area contributed by atoms with Crippen molar-refractivity contribution in [3.8, 4) is 0 Å². The Morgan fingerprint density at radius 2 is 1.80 bits per heavy atom. The molecule has 3 aromatic rings. The molecule has 4 nitrogen and oxygen atoms in total. The number of benzene rings is 2. The minimum atomic E-state index is 0.105. The van der Waals surface area contributed by atoms with E-state index < -0.39 is 0 Å². The van der Waals surface area contributed by atoms with E-state index in [1.165, 1.54) is 25.7 Å². The van der Waals surface area contributed by atoms with Crippen LogP contribution < -0.4 is 10.2 Å². The molecule has 30 heavy (non-hydrogen) atoms. The predicted octanol–water partition coefficient (Wildman–Crippen LogP) is 4.90. The second kappa shape index (κ2) is 8.86. The number of nitrogens with one attached hydrogen (secondary N) is 2. The number of thiazole rings is 1. The van der Waals surface area contributed by atoms with E-state index in [2.05, 4.69) is 69.4 Å². The fourth-order valence-corrected chi connectivity index (χ4v) is 5.71. The van der Waals surface area contributed by atoms with Crippen LogP contribution in [-0.4, -0.2) is 24.0 Å². The molecule has 0 radical (unpaired) electrons. The van der Waals surface area contributed by atoms with Gasteiger partial charge in [-0.2, -0.15) is 0 Å². The summed E-state index contributed by atoms with van der Waals surface area (Å²) in [6, 6.07) is 15.0. The third kappa shape index (κ3) is 4.28. The van der Waals surface area contributed by atoms with Crippen LogP contribution in [0.1, 0.15) is 74.5 Å². The van der Waals surface area contributed by atoms with Gasteiger partial charge in [-0.3, -0.25) is 4.79 Å². The van der Waals surface area contributed by atoms with E-state index >= 15 is 0 Å². The molecule has 1 saturated heterocycles. The number of carbonyl (C=O) groups excluding carboxylic acids is 1. The van der Waals surface area contributed by atoms with Gasteiger partial charge < -0.3 is 10.2 Å². The summed E-state index contributed by atoms with van der Waals surface area (Å²) in [5, 5.41) is 4.46. The van der Waals surface area contributed by atoms with Crippen LogP contribution >= 0.6 is 11.3 Å². The molecule has 1 amide bonds. The van der Waals surface area contributed by atoms with E-state index in [1.807, 2.05) is 6.07 Å². The normalized spacial score (nSPS) is 19.1. The molecular formula is C25H32N3OS+. The lowest BCUT2D eigenvalue weighted by atomic mass is 9.92. The number of carbonyl (C=O) groups is 1. The van der Waals surface area contributed by atoms with Crippen molar-refractivity contribution in [1.82, 2.24) is 4.98 Å². The first-order valence-corrected chi connectivity index (χ1v) is 11.9. The molecule has 1 fully saturated rings. The monoisotopic (exact) mass is 422 g/mol. The maximum atomic E-state index is 13.1. The molecule has 2 aromatic carbocycles. The minimum Gasteiger partial charge on any atom is -0.321 e. The summed E-state index contributed by atoms with van der Waals surface area (Å²) in [5.41, 5.74) is 4.52. The minimum absolute atomic E-state index is 0.105. The topological polar surface area (TPSA) is 46.4 Å². The van der Waals surface area contributed by atoms with Crippen LogP contribution in [0.2, 0.25) is 0 Å². The van der Waals surface area contributed by atoms with Gasteiger partial charge in [-0.25, -0.2) is 4.98 Å². The van der Waals surface area contributed by atoms with Crippen molar-refractivity contribution < 1.29 is 9.69 Å². The molecule has 1 aromatic heterocycles. The van der Waals surface area contributed by atoms with Crippen LogP contribution in [0.3, 0.4) is 0 Å². The van der Waals surface area contributed by atoms with Crippen molar-refractivity contribution in [2.75, 3.05) is 18.4 Å². The third-order valence-corrected chi connectivity index (χ3v) is 7.27. The van der Waals surface area contributed by atoms with Gasteiger partial charge in [0.1, 0.15) is 6.04 Å². The first-order chi connectivity index (χ1) is 14.4. The van der Waals surface area contributed by atoms with Crippen LogP contribution in [0.15, 0.2) is 42.5 Å². The van der Waals surface area contributed by atoms with Crippen LogP contribution in [0.4, 0.5) is 5.69 Å². The summed E-state index contributed by atoms with van der Waals surface area (Å²) in [5.74, 6) is 0.843. The fraction of sp³-hybridized carbons (Fsp3) is 0.440. The van der Waals surface area contributed by atoms with Gasteiger partial charge in [0.2, 0.25) is 0 Å². The van der Waals surface area contributed by atoms with Gasteiger partial charge in [0, 0.05) is 18.5 Å². The highest BCUT2D eigenvalue weighted by molar-refractivity contribution is 7.18. The number of rotatable bonds is 6. The number of fused-ring (bicyclic) bond motifs is 1. The maximum absolute atomic E-state index is 13.1. The smallest absolute Gasteiger partial charge is 0.279 e. The zero-order valence-electron chi connectivity index (χ0n) is 18.4. The number of hydrogen-bond donors (Lipinski definition) is 2. The Labute approximate surface area is 183 Å². The molecule has 2 N–H and O–H groups in total. The predicted molar refractivity (Wildman–Crippen MR) is 126 cm³/mol. The SMILES string of the molecule is CC(C)c1cccc(C(C)C)c1NC(=O)C[NH+]1CCC[C@H]1c1nc2ccccc2s1. The number of amides is 1. The molecule has 0 bridgehead atoms. The van der Waals surface area contributed by atoms with Gasteiger partial charge >= 0.3 is 0 Å². The number of para-hydroxylation sites is 2. The number of anilines is 1. The van der Waals surface area contributed by atoms with Gasteiger partial charge in [0.25, 0.3) is 5.91 Å². The molecule has 2 heterocycles. The summed E-state index contributed by atoms with van der Waals surface area (Å²) in [6.45, 7) is 10.3. The molecule has 4 rings (SSSR count). The van der Waals surface area contributed by atoms with Crippen LogP contribution in [0, 0.1) is 0 Å². The number of likely N-dealkylation sites (tertiary alicyclic amines) is 1. The molecule has 1 aliphatic rings. The van der Waals surface area contributed by atoms with Crippen LogP contribution in [0.5, 0.6) is 0 Å². The maximum Gasteiger partial charge on any atom is 0.279 e. The summed E-state index contributed by atoms with van der Waals surface area (Å²) in [6.07, 6.45) is 2.24. The summed E-state index contributed by atoms with van der Waals surface area (Å²) < 4.78 is 1.23. The largest absolute Gasteiger partial charge is 0.321 e. The van der Waals surface area contributed by atoms with Crippen molar-refractivity contribution in [1.29, 1.82) is 0 Å². The van der Waals surface area contributed by atoms with E-state index in [4.69, 9.17) is 4.98 Å². The zero-order chi connectivity index (χ0) is 21.3. The van der Waals surface area contributed by atoms with E-state index in [0.29, 0.717) is 24.4 Å². The van der Waals surface area contributed by atoms with Gasteiger partial charge in [-0.15, -0.1) is 11.3 Å². The van der Waals surface area contributed by atoms with Gasteiger partial charge in [-0.05, 0) is 35.1 Å². The molecule has 5 heteroatoms. The Kier molecular flexibility index (Phi) is 6.21. The number of aromatic nitrogens is 1. The first-order valence-electron chi connectivity index (χ1n) is 11.1. The van der Waals surface area contributed by atoms with Crippen molar-refractivity contribution in [2.45, 2.75) is 58.4 Å². The molecule has 158 valence electrons. The number of hydrogen-bond acceptors (Lipinski definition) is 3. The molecule has 1 aliphatic heterocycles. The van der Waals surface area contributed by atoms with Crippen molar-refractivity contribution >= 4 is 33.1 Å². The first kappa shape index (κ1) is 21.0. The lowest BCUT2D eigenvalue weighted by Gasteiger charge is -2.22. The van der Waals surface area contributed by atoms with Gasteiger partial charge in [-0.1, -0.05) is 58.0 Å². The summed E-state index contributed by atoms with van der Waals surface area (Å²) in [4.78, 5) is 19.3. The van der Waals surface area contributed by atoms with E-state index in [0.717, 1.165) is 30.6 Å². The lowest BCUT2D eigenvalue weighted by Crippen LogP contribution is -3.11. The fourth-order valence-electron chi connectivity index (χ4n) is 4.55. The highest BCUT2D eigenvalue weighted by atomic mass is 32.1. The second-order valence-corrected chi connectivity index (χ2v) is 10.0. The number of quaternary nitrogens is 1. The van der Waals surface area contributed by atoms with Crippen molar-refractivity contribution in [3.63, 3.8) is 0 Å². The average molecular weight is 423 g/mol. The molecule has 0 spiro atoms. The van der Waals surface area contributed by atoms with Gasteiger partial charge in [0.05, 0.1) is 16.8 Å². The molecule has 0 saturated carbocycles. The van der Waals surface area contributed by atoms with E-state index in [9.17, 15) is 4.79 Å². The lowest BCUT2D eigenvalue weighted by molar-refractivity contribution is -0.910. The molecular weight excluding hydrogens is 390 g/mol. The molecule has 0 aliphatic carbocycles. The number of nitrogens with zero attached hydrogens (tertiary/aromatic N) is 1. The summed E-state index contributed by atoms with van der Waals surface area (Å²) in [7, 11) is 0. The third-order valence-electron chi connectivity index (χ3n) is 6.12. The van der Waals surface area contributed by atoms with Crippen LogP contribution in [-0.2, 0) is 4.79 Å². The van der Waals surface area contributed by atoms with Crippen molar-refractivity contribution in [2.24, 2.45) is 0 Å². The Morgan fingerprint density at radius 3 is 2.47 bits per heavy atom. The highest BCUT2D eigenvalue weighted by Gasteiger charge is 2.34. The molecule has 1 unspecified atom stereocenters. The molecule has 2 atom stereocenters. The second-order valence-electron chi connectivity index (χ2n) is 8.97. The average Bonchev–Trinajstić information content (AvgIpc) is 3.33. The quantitative estimate of drug-likeness (QED) is 0.593. The Hall–Kier alpha value is -2.24. The van der Waals surface area contributed by atoms with Gasteiger partial charge in [0.15, 0.2) is 11.6 Å². The summed E-state index contributed by atoms with van der Waals surface area (Å²) >= 11 is 1.78. The van der Waals surface area contributed by atoms with E-state index in [1.54, 1.807) is 11.3 Å². The Morgan fingerprint density at radius 1 is 1.10 bits per heavy atom.